The van der Waals surface area contributed by atoms with Crippen molar-refractivity contribution in [1.29, 1.82) is 0 Å². The third-order valence-electron chi connectivity index (χ3n) is 13.4. The van der Waals surface area contributed by atoms with Gasteiger partial charge in [0.15, 0.2) is 0 Å². The topological polar surface area (TPSA) is 176 Å². The van der Waals surface area contributed by atoms with E-state index in [0.29, 0.717) is 56.5 Å². The summed E-state index contributed by atoms with van der Waals surface area (Å²) < 4.78 is 13.9. The van der Waals surface area contributed by atoms with Gasteiger partial charge in [0.2, 0.25) is 17.7 Å². The Morgan fingerprint density at radius 2 is 1.82 bits per heavy atom. The highest BCUT2D eigenvalue weighted by molar-refractivity contribution is 5.98. The van der Waals surface area contributed by atoms with Gasteiger partial charge in [-0.3, -0.25) is 34.0 Å². The average molecular weight is 916 g/mol. The summed E-state index contributed by atoms with van der Waals surface area (Å²) in [6.07, 6.45) is 7.99. The molecule has 3 N–H and O–H groups in total. The average Bonchev–Trinajstić information content (AvgIpc) is 3.92. The number of rotatable bonds is 11. The third-order valence-corrected chi connectivity index (χ3v) is 13.4. The zero-order valence-electron chi connectivity index (χ0n) is 39.9. The van der Waals surface area contributed by atoms with Crippen molar-refractivity contribution in [2.24, 2.45) is 17.3 Å². The highest BCUT2D eigenvalue weighted by Crippen LogP contribution is 2.41. The van der Waals surface area contributed by atoms with Crippen molar-refractivity contribution in [2.75, 3.05) is 40.4 Å². The number of hydrogen-bond acceptors (Lipinski definition) is 10. The lowest BCUT2D eigenvalue weighted by atomic mass is 9.84. The fourth-order valence-corrected chi connectivity index (χ4v) is 10.1. The molecule has 67 heavy (non-hydrogen) atoms. The Labute approximate surface area is 393 Å². The van der Waals surface area contributed by atoms with Crippen molar-refractivity contribution in [3.63, 3.8) is 0 Å². The Balaban J connectivity index is 1.34. The first-order valence-corrected chi connectivity index (χ1v) is 23.2. The van der Waals surface area contributed by atoms with Crippen molar-refractivity contribution in [3.05, 3.63) is 96.9 Å². The molecular weight excluding hydrogens is 851 g/mol. The number of aromatic nitrogens is 2. The van der Waals surface area contributed by atoms with Crippen LogP contribution in [-0.2, 0) is 59.4 Å². The summed E-state index contributed by atoms with van der Waals surface area (Å²) in [5.41, 5.74) is 7.67. The van der Waals surface area contributed by atoms with Crippen LogP contribution < -0.4 is 10.7 Å². The van der Waals surface area contributed by atoms with Gasteiger partial charge in [0.25, 0.3) is 5.91 Å². The Morgan fingerprint density at radius 3 is 2.52 bits per heavy atom. The van der Waals surface area contributed by atoms with E-state index in [9.17, 15) is 24.3 Å². The Bertz CT molecular complexity index is 2580. The third kappa shape index (κ3) is 10.0. The van der Waals surface area contributed by atoms with E-state index in [4.69, 9.17) is 9.47 Å². The first kappa shape index (κ1) is 48.6. The van der Waals surface area contributed by atoms with E-state index in [1.165, 1.54) is 22.1 Å². The summed E-state index contributed by atoms with van der Waals surface area (Å²) >= 11 is 0. The van der Waals surface area contributed by atoms with Crippen molar-refractivity contribution in [1.82, 2.24) is 35.1 Å². The van der Waals surface area contributed by atoms with Gasteiger partial charge in [-0.1, -0.05) is 52.5 Å². The molecule has 15 nitrogen and oxygen atoms in total. The lowest BCUT2D eigenvalue weighted by Crippen LogP contribution is -2.67. The molecular formula is C52H65N7O8. The molecule has 6 bridgehead atoms. The molecule has 2 fully saturated rings. The number of likely N-dealkylation sites (N-methyl/N-ethyl adjacent to an activating group) is 1. The predicted molar refractivity (Wildman–Crippen MR) is 256 cm³/mol. The van der Waals surface area contributed by atoms with Gasteiger partial charge in [0, 0.05) is 81.0 Å². The number of aryl methyl sites for hydroxylation is 1. The zero-order valence-corrected chi connectivity index (χ0v) is 39.9. The molecule has 5 heterocycles. The van der Waals surface area contributed by atoms with E-state index >= 15 is 4.79 Å². The van der Waals surface area contributed by atoms with Gasteiger partial charge in [0.1, 0.15) is 23.4 Å². The number of amides is 4. The number of benzene rings is 2. The second-order valence-electron chi connectivity index (χ2n) is 19.4. The van der Waals surface area contributed by atoms with Crippen molar-refractivity contribution in [3.8, 4) is 28.1 Å². The quantitative estimate of drug-likeness (QED) is 0.0925. The summed E-state index contributed by atoms with van der Waals surface area (Å²) in [4.78, 5) is 77.9. The lowest BCUT2D eigenvalue weighted by Gasteiger charge is -2.41. The van der Waals surface area contributed by atoms with Crippen LogP contribution in [0.3, 0.4) is 0 Å². The number of pyridine rings is 1. The number of fused-ring (bicyclic) bond motifs is 6. The molecule has 7 rings (SSSR count). The number of hydrazine groups is 1. The van der Waals surface area contributed by atoms with Gasteiger partial charge < -0.3 is 34.3 Å². The van der Waals surface area contributed by atoms with Crippen LogP contribution in [0.15, 0.2) is 80.2 Å². The maximum Gasteiger partial charge on any atom is 0.324 e. The van der Waals surface area contributed by atoms with Crippen LogP contribution in [0.25, 0.3) is 33.3 Å². The highest BCUT2D eigenvalue weighted by atomic mass is 16.5. The Hall–Kier alpha value is -6.32. The molecule has 356 valence electrons. The number of ether oxygens (including phenoxy) is 2. The maximum atomic E-state index is 15.2. The van der Waals surface area contributed by atoms with E-state index in [-0.39, 0.29) is 43.7 Å². The van der Waals surface area contributed by atoms with Crippen LogP contribution in [0.5, 0.6) is 5.75 Å². The fourth-order valence-electron chi connectivity index (χ4n) is 10.1. The number of phenolic OH excluding ortho intramolecular Hbond substituents is 1. The fraction of sp³-hybridized carbons (Fsp3) is 0.462. The van der Waals surface area contributed by atoms with Gasteiger partial charge in [-0.25, -0.2) is 5.43 Å². The summed E-state index contributed by atoms with van der Waals surface area (Å²) in [5.74, 6) is -3.19. The summed E-state index contributed by atoms with van der Waals surface area (Å²) in [5, 5.41) is 16.8. The molecule has 2 aromatic heterocycles. The van der Waals surface area contributed by atoms with Gasteiger partial charge >= 0.3 is 5.97 Å². The Morgan fingerprint density at radius 1 is 1.04 bits per heavy atom. The van der Waals surface area contributed by atoms with Crippen molar-refractivity contribution >= 4 is 40.5 Å². The van der Waals surface area contributed by atoms with Gasteiger partial charge in [-0.05, 0) is 103 Å². The van der Waals surface area contributed by atoms with E-state index < -0.39 is 52.7 Å². The van der Waals surface area contributed by atoms with E-state index in [1.54, 1.807) is 37.4 Å². The molecule has 0 radical (unpaired) electrons. The second kappa shape index (κ2) is 19.9. The number of esters is 1. The van der Waals surface area contributed by atoms with E-state index in [2.05, 4.69) is 72.4 Å². The molecule has 0 aliphatic carbocycles. The minimum atomic E-state index is -1.83. The number of nitrogens with one attached hydrogen (secondary N) is 2. The molecule has 0 saturated carbocycles. The first-order valence-electron chi connectivity index (χ1n) is 23.2. The highest BCUT2D eigenvalue weighted by Gasteiger charge is 2.46. The maximum absolute atomic E-state index is 15.2. The number of likely N-dealkylation sites (tertiary alicyclic amines) is 1. The smallest absolute Gasteiger partial charge is 0.324 e. The van der Waals surface area contributed by atoms with Crippen molar-refractivity contribution < 1.29 is 38.6 Å². The van der Waals surface area contributed by atoms with Gasteiger partial charge in [-0.2, -0.15) is 0 Å². The zero-order chi connectivity index (χ0) is 48.4. The van der Waals surface area contributed by atoms with Crippen molar-refractivity contribution in [2.45, 2.75) is 97.5 Å². The van der Waals surface area contributed by atoms with Crippen LogP contribution in [0, 0.1) is 17.3 Å². The number of phenols is 1. The van der Waals surface area contributed by atoms with Crippen LogP contribution >= 0.6 is 0 Å². The monoisotopic (exact) mass is 915 g/mol. The van der Waals surface area contributed by atoms with Crippen LogP contribution in [0.2, 0.25) is 0 Å². The lowest BCUT2D eigenvalue weighted by molar-refractivity contribution is -0.156. The number of cyclic esters (lactones) is 1. The molecule has 0 spiro atoms. The number of nitrogens with zero attached hydrogens (tertiary/aromatic N) is 5. The predicted octanol–water partition coefficient (Wildman–Crippen LogP) is 5.96. The molecule has 2 aromatic carbocycles. The molecule has 1 unspecified atom stereocenters. The molecule has 4 aromatic rings. The summed E-state index contributed by atoms with van der Waals surface area (Å²) in [7, 11) is 3.22. The van der Waals surface area contributed by atoms with Crippen LogP contribution in [0.1, 0.15) is 70.6 Å². The molecule has 3 aliphatic rings. The minimum absolute atomic E-state index is 0.0437. The number of methoxy groups -OCH3 is 1. The molecule has 2 saturated heterocycles. The number of hydrogen-bond donors (Lipinski definition) is 3. The summed E-state index contributed by atoms with van der Waals surface area (Å²) in [6.45, 7) is 19.5. The minimum Gasteiger partial charge on any atom is -0.508 e. The molecule has 4 atom stereocenters. The van der Waals surface area contributed by atoms with E-state index in [0.717, 1.165) is 38.9 Å². The van der Waals surface area contributed by atoms with Crippen LogP contribution in [0.4, 0.5) is 0 Å². The molecule has 4 amide bonds. The Kier molecular flexibility index (Phi) is 14.4. The van der Waals surface area contributed by atoms with Gasteiger partial charge in [0.05, 0.1) is 24.8 Å². The molecule has 3 aliphatic heterocycles. The number of carbonyl (C=O) groups excluding carboxylic acids is 5. The van der Waals surface area contributed by atoms with E-state index in [1.807, 2.05) is 32.2 Å². The normalized spacial score (nSPS) is 21.4. The standard InChI is InChI=1S/C52H65N7O8/c1-10-44(61)57-19-17-36(29-57)48(63)56(8)45(32(4)5)47(62)54-52(11-2)25-33-20-37(23-39(60)22-33)35-15-16-43-40(24-35)41(46(58(43)12-3)38-21-34(30-66-9)27-53-28-38)26-51(6,7)31-67-49(64)42-14-13-18-59(55-42)50(52)65/h10-11,15-16,20-24,27-28,32,36,42,45,55,60H,1-2,12-14,17-19,25-26,29-31H2,3-9H3,(H,54,62)/t36-,42-,45-,52?/m0/s1. The largest absolute Gasteiger partial charge is 0.508 e. The number of aromatic hydroxyl groups is 1. The van der Waals surface area contributed by atoms with Gasteiger partial charge in [-0.15, -0.1) is 6.58 Å². The SMILES string of the molecule is C=CC(=O)N1CC[C@H](C(=O)N(C)[C@H](C(=O)NC2(C=C)Cc3cc(O)cc(c3)-c3ccc4c(c3)c(c(-c3cncc(COC)c3)n4CC)CC(C)(C)COC(=O)[C@@H]3CCCN(N3)C2=O)C(C)C)C1. The second-order valence-corrected chi connectivity index (χ2v) is 19.4. The first-order chi connectivity index (χ1) is 31.9. The molecule has 15 heteroatoms. The number of carbonyl (C=O) groups is 5. The van der Waals surface area contributed by atoms with Crippen LogP contribution in [-0.4, -0.2) is 117 Å². The summed E-state index contributed by atoms with van der Waals surface area (Å²) in [6, 6.07) is 11.5.